The van der Waals surface area contributed by atoms with Crippen LogP contribution < -0.4 is 16.4 Å². The second kappa shape index (κ2) is 3.77. The van der Waals surface area contributed by atoms with E-state index in [2.05, 4.69) is 16.7 Å². The molecule has 0 bridgehead atoms. The lowest BCUT2D eigenvalue weighted by atomic mass is 10.1. The molecule has 2 rings (SSSR count). The Bertz CT molecular complexity index is 279. The van der Waals surface area contributed by atoms with Gasteiger partial charge in [-0.3, -0.25) is 0 Å². The third kappa shape index (κ3) is 1.99. The zero-order valence-electron chi connectivity index (χ0n) is 7.59. The van der Waals surface area contributed by atoms with E-state index in [4.69, 9.17) is 5.73 Å². The Labute approximate surface area is 78.3 Å². The maximum atomic E-state index is 5.72. The largest absolute Gasteiger partial charge is 0.399 e. The Morgan fingerprint density at radius 3 is 2.92 bits per heavy atom. The third-order valence-electron chi connectivity index (χ3n) is 2.35. The minimum absolute atomic E-state index is 0.414. The summed E-state index contributed by atoms with van der Waals surface area (Å²) in [5, 5.41) is 6.79. The van der Waals surface area contributed by atoms with Gasteiger partial charge < -0.3 is 16.4 Å². The van der Waals surface area contributed by atoms with E-state index in [1.54, 1.807) is 0 Å². The number of nitrogens with one attached hydrogen (secondary N) is 2. The molecule has 0 saturated carbocycles. The lowest BCUT2D eigenvalue weighted by molar-refractivity contribution is 0.430. The molecular weight excluding hydrogens is 162 g/mol. The molecule has 0 aliphatic carbocycles. The Morgan fingerprint density at radius 2 is 2.23 bits per heavy atom. The molecule has 0 spiro atoms. The van der Waals surface area contributed by atoms with Crippen molar-refractivity contribution < 1.29 is 0 Å². The standard InChI is InChI=1S/C10H15N3/c11-9-3-1-2-8(6-9)10-7-12-4-5-13-10/h1-3,6,10,12-13H,4-5,7,11H2. The summed E-state index contributed by atoms with van der Waals surface area (Å²) in [6, 6.07) is 8.48. The Balaban J connectivity index is 2.14. The molecule has 1 atom stereocenters. The summed E-state index contributed by atoms with van der Waals surface area (Å²) in [7, 11) is 0. The lowest BCUT2D eigenvalue weighted by Crippen LogP contribution is -2.42. The van der Waals surface area contributed by atoms with Crippen molar-refractivity contribution in [1.29, 1.82) is 0 Å². The lowest BCUT2D eigenvalue weighted by Gasteiger charge is -2.24. The van der Waals surface area contributed by atoms with Gasteiger partial charge in [0.15, 0.2) is 0 Å². The number of piperazine rings is 1. The fourth-order valence-electron chi connectivity index (χ4n) is 1.66. The SMILES string of the molecule is Nc1cccc(C2CNCCN2)c1. The van der Waals surface area contributed by atoms with E-state index in [0.717, 1.165) is 25.3 Å². The molecule has 1 aromatic carbocycles. The van der Waals surface area contributed by atoms with Gasteiger partial charge in [0, 0.05) is 31.4 Å². The van der Waals surface area contributed by atoms with E-state index in [1.807, 2.05) is 18.2 Å². The first-order valence-corrected chi connectivity index (χ1v) is 4.66. The smallest absolute Gasteiger partial charge is 0.0447 e. The summed E-state index contributed by atoms with van der Waals surface area (Å²) in [5.74, 6) is 0. The van der Waals surface area contributed by atoms with Crippen LogP contribution in [0.1, 0.15) is 11.6 Å². The minimum Gasteiger partial charge on any atom is -0.399 e. The number of benzene rings is 1. The summed E-state index contributed by atoms with van der Waals surface area (Å²) in [5.41, 5.74) is 7.83. The van der Waals surface area contributed by atoms with Crippen molar-refractivity contribution in [3.8, 4) is 0 Å². The maximum Gasteiger partial charge on any atom is 0.0447 e. The first kappa shape index (κ1) is 8.53. The number of hydrogen-bond acceptors (Lipinski definition) is 3. The minimum atomic E-state index is 0.414. The monoisotopic (exact) mass is 177 g/mol. The van der Waals surface area contributed by atoms with E-state index < -0.39 is 0 Å². The number of nitrogen functional groups attached to an aromatic ring is 1. The van der Waals surface area contributed by atoms with Crippen LogP contribution in [0.4, 0.5) is 5.69 Å². The molecule has 4 N–H and O–H groups in total. The van der Waals surface area contributed by atoms with Crippen LogP contribution in [0, 0.1) is 0 Å². The normalized spacial score (nSPS) is 22.9. The van der Waals surface area contributed by atoms with Crippen molar-refractivity contribution in [3.05, 3.63) is 29.8 Å². The second-order valence-corrected chi connectivity index (χ2v) is 3.38. The van der Waals surface area contributed by atoms with Crippen LogP contribution in [0.15, 0.2) is 24.3 Å². The second-order valence-electron chi connectivity index (χ2n) is 3.38. The number of rotatable bonds is 1. The van der Waals surface area contributed by atoms with Gasteiger partial charge in [0.1, 0.15) is 0 Å². The van der Waals surface area contributed by atoms with E-state index in [9.17, 15) is 0 Å². The highest BCUT2D eigenvalue weighted by Crippen LogP contribution is 2.15. The topological polar surface area (TPSA) is 50.1 Å². The summed E-state index contributed by atoms with van der Waals surface area (Å²) in [4.78, 5) is 0. The van der Waals surface area contributed by atoms with Gasteiger partial charge in [0.05, 0.1) is 0 Å². The van der Waals surface area contributed by atoms with Crippen molar-refractivity contribution >= 4 is 5.69 Å². The number of anilines is 1. The van der Waals surface area contributed by atoms with Crippen LogP contribution in [-0.4, -0.2) is 19.6 Å². The van der Waals surface area contributed by atoms with Crippen LogP contribution in [0.25, 0.3) is 0 Å². The van der Waals surface area contributed by atoms with Gasteiger partial charge in [-0.2, -0.15) is 0 Å². The highest BCUT2D eigenvalue weighted by Gasteiger charge is 2.13. The molecule has 3 heteroatoms. The zero-order chi connectivity index (χ0) is 9.10. The molecule has 1 unspecified atom stereocenters. The summed E-state index contributed by atoms with van der Waals surface area (Å²) >= 11 is 0. The molecule has 1 saturated heterocycles. The molecule has 0 amide bonds. The predicted octanol–water partition coefficient (Wildman–Crippen LogP) is 0.503. The van der Waals surface area contributed by atoms with E-state index >= 15 is 0 Å². The Morgan fingerprint density at radius 1 is 1.31 bits per heavy atom. The Hall–Kier alpha value is -1.06. The first-order chi connectivity index (χ1) is 6.36. The molecule has 70 valence electrons. The van der Waals surface area contributed by atoms with Gasteiger partial charge in [0.2, 0.25) is 0 Å². The highest BCUT2D eigenvalue weighted by atomic mass is 15.1. The summed E-state index contributed by atoms with van der Waals surface area (Å²) in [6.45, 7) is 3.07. The molecule has 0 aromatic heterocycles. The van der Waals surface area contributed by atoms with Crippen LogP contribution >= 0.6 is 0 Å². The highest BCUT2D eigenvalue weighted by molar-refractivity contribution is 5.41. The van der Waals surface area contributed by atoms with Gasteiger partial charge in [0.25, 0.3) is 0 Å². The van der Waals surface area contributed by atoms with Gasteiger partial charge in [-0.25, -0.2) is 0 Å². The molecule has 1 fully saturated rings. The molecule has 1 aromatic rings. The van der Waals surface area contributed by atoms with Crippen LogP contribution in [0.3, 0.4) is 0 Å². The third-order valence-corrected chi connectivity index (χ3v) is 2.35. The van der Waals surface area contributed by atoms with Crippen LogP contribution in [0.5, 0.6) is 0 Å². The van der Waals surface area contributed by atoms with Crippen molar-refractivity contribution in [3.63, 3.8) is 0 Å². The van der Waals surface area contributed by atoms with Gasteiger partial charge in [-0.15, -0.1) is 0 Å². The molecule has 1 heterocycles. The van der Waals surface area contributed by atoms with E-state index in [1.165, 1.54) is 5.56 Å². The van der Waals surface area contributed by atoms with Gasteiger partial charge >= 0.3 is 0 Å². The van der Waals surface area contributed by atoms with Crippen LogP contribution in [-0.2, 0) is 0 Å². The zero-order valence-corrected chi connectivity index (χ0v) is 7.59. The molecule has 13 heavy (non-hydrogen) atoms. The number of nitrogens with two attached hydrogens (primary N) is 1. The van der Waals surface area contributed by atoms with E-state index in [-0.39, 0.29) is 0 Å². The average Bonchev–Trinajstić information content (AvgIpc) is 2.19. The van der Waals surface area contributed by atoms with Crippen molar-refractivity contribution in [2.24, 2.45) is 0 Å². The average molecular weight is 177 g/mol. The first-order valence-electron chi connectivity index (χ1n) is 4.66. The summed E-state index contributed by atoms with van der Waals surface area (Å²) in [6.07, 6.45) is 0. The fourth-order valence-corrected chi connectivity index (χ4v) is 1.66. The van der Waals surface area contributed by atoms with Gasteiger partial charge in [-0.05, 0) is 17.7 Å². The molecular formula is C10H15N3. The predicted molar refractivity (Wildman–Crippen MR) is 54.5 cm³/mol. The Kier molecular flexibility index (Phi) is 2.47. The maximum absolute atomic E-state index is 5.72. The van der Waals surface area contributed by atoms with Crippen LogP contribution in [0.2, 0.25) is 0 Å². The van der Waals surface area contributed by atoms with E-state index in [0.29, 0.717) is 6.04 Å². The van der Waals surface area contributed by atoms with Crippen molar-refractivity contribution in [2.75, 3.05) is 25.4 Å². The van der Waals surface area contributed by atoms with Crippen molar-refractivity contribution in [1.82, 2.24) is 10.6 Å². The molecule has 0 radical (unpaired) electrons. The summed E-state index contributed by atoms with van der Waals surface area (Å²) < 4.78 is 0. The fraction of sp³-hybridized carbons (Fsp3) is 0.400. The molecule has 1 aliphatic rings. The molecule has 1 aliphatic heterocycles. The van der Waals surface area contributed by atoms with Gasteiger partial charge in [-0.1, -0.05) is 12.1 Å². The number of hydrogen-bond donors (Lipinski definition) is 3. The molecule has 3 nitrogen and oxygen atoms in total. The van der Waals surface area contributed by atoms with Crippen molar-refractivity contribution in [2.45, 2.75) is 6.04 Å². The quantitative estimate of drug-likeness (QED) is 0.548.